The number of benzene rings is 2. The van der Waals surface area contributed by atoms with Gasteiger partial charge in [-0.25, -0.2) is 9.97 Å². The zero-order valence-corrected chi connectivity index (χ0v) is 18.4. The van der Waals surface area contributed by atoms with Gasteiger partial charge in [-0.15, -0.1) is 11.3 Å². The molecule has 5 aromatic rings. The van der Waals surface area contributed by atoms with Crippen LogP contribution in [0.2, 0.25) is 5.02 Å². The van der Waals surface area contributed by atoms with Gasteiger partial charge in [-0.3, -0.25) is 4.79 Å². The molecule has 0 aliphatic rings. The van der Waals surface area contributed by atoms with E-state index in [1.807, 2.05) is 48.5 Å². The monoisotopic (exact) mass is 463 g/mol. The third-order valence-corrected chi connectivity index (χ3v) is 6.18. The summed E-state index contributed by atoms with van der Waals surface area (Å²) < 4.78 is 12.7. The van der Waals surface area contributed by atoms with Gasteiger partial charge in [-0.05, 0) is 48.5 Å². The van der Waals surface area contributed by atoms with Crippen molar-refractivity contribution in [3.8, 4) is 22.1 Å². The predicted molar refractivity (Wildman–Crippen MR) is 124 cm³/mol. The molecule has 8 heteroatoms. The smallest absolute Gasteiger partial charge is 0.220 e. The maximum atomic E-state index is 12.3. The van der Waals surface area contributed by atoms with Gasteiger partial charge >= 0.3 is 0 Å². The molecule has 0 saturated heterocycles. The second kappa shape index (κ2) is 8.98. The molecule has 0 fully saturated rings. The number of carbonyl (C=O) groups excluding carboxylic acids is 1. The van der Waals surface area contributed by atoms with Crippen LogP contribution in [0.4, 0.5) is 0 Å². The van der Waals surface area contributed by atoms with Gasteiger partial charge in [-0.1, -0.05) is 23.7 Å². The van der Waals surface area contributed by atoms with Crippen molar-refractivity contribution in [2.45, 2.75) is 19.4 Å². The van der Waals surface area contributed by atoms with E-state index in [4.69, 9.17) is 20.4 Å². The molecule has 5 rings (SSSR count). The fourth-order valence-electron chi connectivity index (χ4n) is 3.23. The molecule has 160 valence electrons. The Kier molecular flexibility index (Phi) is 5.75. The van der Waals surface area contributed by atoms with E-state index in [1.54, 1.807) is 29.7 Å². The van der Waals surface area contributed by atoms with Crippen LogP contribution in [0.25, 0.3) is 32.3 Å². The van der Waals surface area contributed by atoms with Crippen LogP contribution in [0.15, 0.2) is 75.7 Å². The molecule has 1 amide bonds. The first kappa shape index (κ1) is 20.5. The van der Waals surface area contributed by atoms with Gasteiger partial charge in [0.15, 0.2) is 22.4 Å². The highest BCUT2D eigenvalue weighted by Gasteiger charge is 2.12. The Balaban J connectivity index is 1.14. The van der Waals surface area contributed by atoms with Gasteiger partial charge in [0.25, 0.3) is 0 Å². The van der Waals surface area contributed by atoms with Gasteiger partial charge in [0.1, 0.15) is 5.76 Å². The number of nitrogens with zero attached hydrogens (tertiary/aromatic N) is 2. The molecule has 1 N–H and O–H groups in total. The summed E-state index contributed by atoms with van der Waals surface area (Å²) in [5.41, 5.74) is 1.84. The van der Waals surface area contributed by atoms with Crippen molar-refractivity contribution in [2.75, 3.05) is 0 Å². The van der Waals surface area contributed by atoms with Crippen LogP contribution in [0.1, 0.15) is 18.1 Å². The topological polar surface area (TPSA) is 81.2 Å². The number of carbonyl (C=O) groups is 1. The van der Waals surface area contributed by atoms with Gasteiger partial charge in [-0.2, -0.15) is 0 Å². The molecule has 2 aromatic carbocycles. The summed E-state index contributed by atoms with van der Waals surface area (Å²) in [6.07, 6.45) is 2.34. The number of halogens is 1. The number of thiazole rings is 1. The fourth-order valence-corrected chi connectivity index (χ4v) is 4.29. The number of nitrogens with one attached hydrogen (secondary N) is 1. The van der Waals surface area contributed by atoms with Crippen LogP contribution in [0.3, 0.4) is 0 Å². The molecule has 0 aliphatic heterocycles. The molecule has 3 aromatic heterocycles. The Labute approximate surface area is 192 Å². The van der Waals surface area contributed by atoms with Crippen LogP contribution in [-0.4, -0.2) is 15.9 Å². The van der Waals surface area contributed by atoms with Crippen LogP contribution < -0.4 is 5.32 Å². The number of para-hydroxylation sites is 1. The molecular weight excluding hydrogens is 446 g/mol. The first-order valence-electron chi connectivity index (χ1n) is 10.1. The number of aryl methyl sites for hydroxylation is 1. The highest BCUT2D eigenvalue weighted by Crippen LogP contribution is 2.31. The van der Waals surface area contributed by atoms with Crippen molar-refractivity contribution >= 4 is 39.1 Å². The normalized spacial score (nSPS) is 11.2. The molecule has 0 radical (unpaired) electrons. The Morgan fingerprint density at radius 2 is 1.84 bits per heavy atom. The zero-order valence-electron chi connectivity index (χ0n) is 16.9. The minimum atomic E-state index is -0.103. The molecular formula is C24H18ClN3O3S. The van der Waals surface area contributed by atoms with E-state index < -0.39 is 0 Å². The maximum absolute atomic E-state index is 12.3. The van der Waals surface area contributed by atoms with Gasteiger partial charge in [0.2, 0.25) is 5.91 Å². The van der Waals surface area contributed by atoms with Gasteiger partial charge in [0.05, 0.1) is 23.0 Å². The zero-order chi connectivity index (χ0) is 21.9. The summed E-state index contributed by atoms with van der Waals surface area (Å²) in [7, 11) is 0. The van der Waals surface area contributed by atoms with E-state index in [9.17, 15) is 4.79 Å². The second-order valence-electron chi connectivity index (χ2n) is 7.15. The van der Waals surface area contributed by atoms with Crippen molar-refractivity contribution in [1.29, 1.82) is 0 Å². The van der Waals surface area contributed by atoms with E-state index in [-0.39, 0.29) is 12.3 Å². The highest BCUT2D eigenvalue weighted by molar-refractivity contribution is 7.21. The van der Waals surface area contributed by atoms with E-state index in [0.717, 1.165) is 20.8 Å². The van der Waals surface area contributed by atoms with Crippen molar-refractivity contribution in [3.05, 3.63) is 83.5 Å². The van der Waals surface area contributed by atoms with Crippen LogP contribution >= 0.6 is 22.9 Å². The van der Waals surface area contributed by atoms with Crippen molar-refractivity contribution in [3.63, 3.8) is 0 Å². The number of aromatic nitrogens is 2. The Hall–Kier alpha value is -3.42. The lowest BCUT2D eigenvalue weighted by atomic mass is 10.2. The van der Waals surface area contributed by atoms with E-state index in [1.165, 1.54) is 0 Å². The number of fused-ring (bicyclic) bond motifs is 1. The van der Waals surface area contributed by atoms with Crippen LogP contribution in [-0.2, 0) is 17.8 Å². The Morgan fingerprint density at radius 1 is 1.00 bits per heavy atom. The standard InChI is InChI=1S/C24H18ClN3O3S/c25-16-7-5-15(6-8-16)20-14-27-23(31-20)12-11-22(29)26-13-17-9-10-19(30-17)24-28-18-3-1-2-4-21(18)32-24/h1-10,14H,11-13H2,(H,26,29). The number of rotatable bonds is 7. The summed E-state index contributed by atoms with van der Waals surface area (Å²) >= 11 is 7.49. The van der Waals surface area contributed by atoms with Crippen LogP contribution in [0, 0.1) is 0 Å². The molecule has 0 saturated carbocycles. The maximum Gasteiger partial charge on any atom is 0.220 e. The molecule has 0 spiro atoms. The third-order valence-electron chi connectivity index (χ3n) is 4.87. The van der Waals surface area contributed by atoms with E-state index in [0.29, 0.717) is 41.2 Å². The number of oxazole rings is 1. The van der Waals surface area contributed by atoms with Gasteiger partial charge < -0.3 is 14.2 Å². The summed E-state index contributed by atoms with van der Waals surface area (Å²) in [5, 5.41) is 4.36. The largest absolute Gasteiger partial charge is 0.457 e. The molecule has 6 nitrogen and oxygen atoms in total. The van der Waals surface area contributed by atoms with Crippen molar-refractivity contribution in [1.82, 2.24) is 15.3 Å². The average molecular weight is 464 g/mol. The molecule has 3 heterocycles. The first-order chi connectivity index (χ1) is 15.6. The SMILES string of the molecule is O=C(CCc1ncc(-c2ccc(Cl)cc2)o1)NCc1ccc(-c2nc3ccccc3s2)o1. The lowest BCUT2D eigenvalue weighted by molar-refractivity contribution is -0.121. The van der Waals surface area contributed by atoms with Crippen LogP contribution in [0.5, 0.6) is 0 Å². The summed E-state index contributed by atoms with van der Waals surface area (Å²) in [5.74, 6) is 2.43. The first-order valence-corrected chi connectivity index (χ1v) is 11.3. The number of furan rings is 1. The second-order valence-corrected chi connectivity index (χ2v) is 8.62. The third kappa shape index (κ3) is 4.59. The molecule has 32 heavy (non-hydrogen) atoms. The fraction of sp³-hybridized carbons (Fsp3) is 0.125. The molecule has 0 atom stereocenters. The number of hydrogen-bond acceptors (Lipinski definition) is 6. The predicted octanol–water partition coefficient (Wildman–Crippen LogP) is 6.11. The quantitative estimate of drug-likeness (QED) is 0.314. The minimum Gasteiger partial charge on any atom is -0.457 e. The molecule has 0 unspecified atom stereocenters. The minimum absolute atomic E-state index is 0.103. The van der Waals surface area contributed by atoms with E-state index in [2.05, 4.69) is 15.3 Å². The van der Waals surface area contributed by atoms with Crippen molar-refractivity contribution < 1.29 is 13.6 Å². The summed E-state index contributed by atoms with van der Waals surface area (Å²) in [6, 6.07) is 19.0. The summed E-state index contributed by atoms with van der Waals surface area (Å²) in [4.78, 5) is 21.1. The molecule has 0 bridgehead atoms. The Bertz CT molecular complexity index is 1340. The Morgan fingerprint density at radius 3 is 2.69 bits per heavy atom. The summed E-state index contributed by atoms with van der Waals surface area (Å²) in [6.45, 7) is 0.311. The lowest BCUT2D eigenvalue weighted by Crippen LogP contribution is -2.22. The number of hydrogen-bond donors (Lipinski definition) is 1. The van der Waals surface area contributed by atoms with E-state index >= 15 is 0 Å². The number of amides is 1. The highest BCUT2D eigenvalue weighted by atomic mass is 35.5. The lowest BCUT2D eigenvalue weighted by Gasteiger charge is -2.02. The average Bonchev–Trinajstić information content (AvgIpc) is 3.56. The van der Waals surface area contributed by atoms with Crippen molar-refractivity contribution in [2.24, 2.45) is 0 Å². The molecule has 0 aliphatic carbocycles. The van der Waals surface area contributed by atoms with Gasteiger partial charge in [0, 0.05) is 23.4 Å².